The lowest BCUT2D eigenvalue weighted by Crippen LogP contribution is -2.53. The lowest BCUT2D eigenvalue weighted by molar-refractivity contribution is -0.137. The number of aromatic hydroxyl groups is 1. The van der Waals surface area contributed by atoms with Gasteiger partial charge in [-0.15, -0.1) is 0 Å². The van der Waals surface area contributed by atoms with Gasteiger partial charge in [0, 0.05) is 11.7 Å². The van der Waals surface area contributed by atoms with Crippen molar-refractivity contribution in [3.8, 4) is 24.0 Å². The number of anilines is 1. The number of phenols is 1. The van der Waals surface area contributed by atoms with Crippen LogP contribution in [0.15, 0.2) is 42.5 Å². The first-order chi connectivity index (χ1) is 17.3. The van der Waals surface area contributed by atoms with Crippen LogP contribution in [0.4, 0.5) is 10.5 Å². The molecule has 2 aromatic rings. The Labute approximate surface area is 218 Å². The average molecular weight is 510 g/mol. The highest BCUT2D eigenvalue weighted by Gasteiger charge is 2.37. The van der Waals surface area contributed by atoms with E-state index in [1.54, 1.807) is 71.9 Å². The molecule has 0 aromatic heterocycles. The summed E-state index contributed by atoms with van der Waals surface area (Å²) in [5.74, 6) is -0.978. The Bertz CT molecular complexity index is 1160. The van der Waals surface area contributed by atoms with E-state index in [0.29, 0.717) is 22.6 Å². The molecule has 9 heteroatoms. The number of nitrogens with one attached hydrogen (secondary N) is 2. The fourth-order valence-electron chi connectivity index (χ4n) is 3.51. The van der Waals surface area contributed by atoms with Crippen LogP contribution >= 0.6 is 0 Å². The van der Waals surface area contributed by atoms with Crippen LogP contribution in [-0.2, 0) is 14.3 Å². The maximum absolute atomic E-state index is 13.7. The lowest BCUT2D eigenvalue weighted by atomic mass is 9.98. The van der Waals surface area contributed by atoms with Crippen molar-refractivity contribution in [2.24, 2.45) is 5.92 Å². The standard InChI is InChI=1S/C28H35N3O6/c1-9-31(26(34)23(17(2)3)30-27(35)37-28(5,6)7)24(19-10-15-22(32)18(4)16-19)25(33)29-20-11-13-21(36-8)14-12-20/h1,10-17,23-24,32H,2-8H3,(H,29,33)(H,30,35). The second kappa shape index (κ2) is 12.2. The molecular formula is C28H35N3O6. The number of aryl methyl sites for hydroxylation is 1. The molecule has 37 heavy (non-hydrogen) atoms. The molecule has 3 N–H and O–H groups in total. The number of rotatable bonds is 8. The first-order valence-corrected chi connectivity index (χ1v) is 11.8. The maximum Gasteiger partial charge on any atom is 0.408 e. The van der Waals surface area contributed by atoms with Crippen molar-refractivity contribution in [2.45, 2.75) is 59.2 Å². The summed E-state index contributed by atoms with van der Waals surface area (Å²) in [5, 5.41) is 15.4. The third kappa shape index (κ3) is 7.90. The van der Waals surface area contributed by atoms with Gasteiger partial charge < -0.3 is 25.2 Å². The van der Waals surface area contributed by atoms with Gasteiger partial charge in [0.05, 0.1) is 7.11 Å². The molecule has 0 aliphatic heterocycles. The van der Waals surface area contributed by atoms with Gasteiger partial charge >= 0.3 is 6.09 Å². The number of benzene rings is 2. The molecule has 0 radical (unpaired) electrons. The third-order valence-electron chi connectivity index (χ3n) is 5.38. The average Bonchev–Trinajstić information content (AvgIpc) is 2.81. The predicted molar refractivity (Wildman–Crippen MR) is 141 cm³/mol. The summed E-state index contributed by atoms with van der Waals surface area (Å²) >= 11 is 0. The highest BCUT2D eigenvalue weighted by atomic mass is 16.6. The maximum atomic E-state index is 13.7. The van der Waals surface area contributed by atoms with Crippen molar-refractivity contribution in [2.75, 3.05) is 12.4 Å². The first kappa shape index (κ1) is 29.0. The second-order valence-corrected chi connectivity index (χ2v) is 9.87. The number of carbonyl (C=O) groups is 3. The van der Waals surface area contributed by atoms with E-state index in [0.717, 1.165) is 4.90 Å². The number of amides is 3. The summed E-state index contributed by atoms with van der Waals surface area (Å²) in [7, 11) is 1.53. The van der Waals surface area contributed by atoms with E-state index >= 15 is 0 Å². The van der Waals surface area contributed by atoms with Crippen LogP contribution < -0.4 is 15.4 Å². The Balaban J connectivity index is 2.47. The van der Waals surface area contributed by atoms with Crippen molar-refractivity contribution < 1.29 is 29.0 Å². The molecule has 0 fully saturated rings. The summed E-state index contributed by atoms with van der Waals surface area (Å²) in [5.41, 5.74) is 0.567. The minimum Gasteiger partial charge on any atom is -0.508 e. The Morgan fingerprint density at radius 2 is 1.70 bits per heavy atom. The lowest BCUT2D eigenvalue weighted by Gasteiger charge is -2.32. The summed E-state index contributed by atoms with van der Waals surface area (Å²) in [6.07, 6.45) is 5.00. The van der Waals surface area contributed by atoms with Crippen molar-refractivity contribution in [1.82, 2.24) is 10.2 Å². The molecule has 0 saturated heterocycles. The quantitative estimate of drug-likeness (QED) is 0.360. The van der Waals surface area contributed by atoms with Gasteiger partial charge in [0.25, 0.3) is 11.8 Å². The van der Waals surface area contributed by atoms with E-state index in [4.69, 9.17) is 15.9 Å². The molecule has 0 saturated carbocycles. The SMILES string of the molecule is C#CN(C(=O)C(NC(=O)OC(C)(C)C)C(C)C)C(C(=O)Nc1ccc(OC)cc1)c1ccc(O)c(C)c1. The van der Waals surface area contributed by atoms with E-state index in [9.17, 15) is 19.5 Å². The second-order valence-electron chi connectivity index (χ2n) is 9.87. The van der Waals surface area contributed by atoms with Gasteiger partial charge in [-0.1, -0.05) is 26.3 Å². The summed E-state index contributed by atoms with van der Waals surface area (Å²) in [4.78, 5) is 40.7. The van der Waals surface area contributed by atoms with Crippen LogP contribution in [0, 0.1) is 25.3 Å². The number of hydrogen-bond donors (Lipinski definition) is 3. The van der Waals surface area contributed by atoms with Gasteiger partial charge in [-0.2, -0.15) is 0 Å². The zero-order valence-corrected chi connectivity index (χ0v) is 22.3. The Kier molecular flexibility index (Phi) is 9.55. The smallest absolute Gasteiger partial charge is 0.408 e. The van der Waals surface area contributed by atoms with Crippen LogP contribution in [0.5, 0.6) is 11.5 Å². The van der Waals surface area contributed by atoms with Gasteiger partial charge in [0.15, 0.2) is 0 Å². The van der Waals surface area contributed by atoms with E-state index < -0.39 is 35.6 Å². The number of phenolic OH excluding ortho intramolecular Hbond substituents is 1. The highest BCUT2D eigenvalue weighted by Crippen LogP contribution is 2.28. The van der Waals surface area contributed by atoms with Crippen LogP contribution in [0.25, 0.3) is 0 Å². The first-order valence-electron chi connectivity index (χ1n) is 11.8. The molecule has 2 aromatic carbocycles. The van der Waals surface area contributed by atoms with Gasteiger partial charge in [0.2, 0.25) is 0 Å². The summed E-state index contributed by atoms with van der Waals surface area (Å²) in [6, 6.07) is 11.2. The van der Waals surface area contributed by atoms with Gasteiger partial charge in [-0.25, -0.2) is 4.79 Å². The minimum atomic E-state index is -1.26. The van der Waals surface area contributed by atoms with Gasteiger partial charge in [0.1, 0.15) is 29.2 Å². The molecular weight excluding hydrogens is 474 g/mol. The molecule has 0 aliphatic rings. The van der Waals surface area contributed by atoms with Crippen molar-refractivity contribution in [1.29, 1.82) is 0 Å². The number of carbonyl (C=O) groups excluding carboxylic acids is 3. The van der Waals surface area contributed by atoms with E-state index in [1.165, 1.54) is 19.2 Å². The predicted octanol–water partition coefficient (Wildman–Crippen LogP) is 4.36. The van der Waals surface area contributed by atoms with E-state index in [-0.39, 0.29) is 11.7 Å². The summed E-state index contributed by atoms with van der Waals surface area (Å²) < 4.78 is 10.5. The monoisotopic (exact) mass is 509 g/mol. The third-order valence-corrected chi connectivity index (χ3v) is 5.38. The molecule has 2 unspecified atom stereocenters. The van der Waals surface area contributed by atoms with Gasteiger partial charge in [-0.05, 0) is 81.1 Å². The van der Waals surface area contributed by atoms with Crippen LogP contribution in [-0.4, -0.2) is 46.7 Å². The number of nitrogens with zero attached hydrogens (tertiary/aromatic N) is 1. The number of hydrogen-bond acceptors (Lipinski definition) is 6. The molecule has 0 bridgehead atoms. The number of alkyl carbamates (subject to hydrolysis) is 1. The Hall–Kier alpha value is -4.19. The molecule has 0 aliphatic carbocycles. The fraction of sp³-hybridized carbons (Fsp3) is 0.393. The Morgan fingerprint density at radius 1 is 1.08 bits per heavy atom. The van der Waals surface area contributed by atoms with Crippen molar-refractivity contribution >= 4 is 23.6 Å². The largest absolute Gasteiger partial charge is 0.508 e. The number of ether oxygens (including phenoxy) is 2. The molecule has 2 rings (SSSR count). The van der Waals surface area contributed by atoms with Crippen LogP contribution in [0.3, 0.4) is 0 Å². The zero-order chi connectivity index (χ0) is 27.9. The molecule has 0 heterocycles. The van der Waals surface area contributed by atoms with Crippen LogP contribution in [0.1, 0.15) is 51.8 Å². The zero-order valence-electron chi connectivity index (χ0n) is 22.3. The van der Waals surface area contributed by atoms with E-state index in [2.05, 4.69) is 16.7 Å². The number of terminal acetylenes is 1. The van der Waals surface area contributed by atoms with Crippen molar-refractivity contribution in [3.63, 3.8) is 0 Å². The molecule has 3 amide bonds. The van der Waals surface area contributed by atoms with Crippen LogP contribution in [0.2, 0.25) is 0 Å². The summed E-state index contributed by atoms with van der Waals surface area (Å²) in [6.45, 7) is 10.3. The van der Waals surface area contributed by atoms with E-state index in [1.807, 2.05) is 0 Å². The highest BCUT2D eigenvalue weighted by molar-refractivity contribution is 5.99. The Morgan fingerprint density at radius 3 is 2.19 bits per heavy atom. The molecule has 9 nitrogen and oxygen atoms in total. The molecule has 0 spiro atoms. The number of methoxy groups -OCH3 is 1. The van der Waals surface area contributed by atoms with Gasteiger partial charge in [-0.3, -0.25) is 14.5 Å². The topological polar surface area (TPSA) is 117 Å². The van der Waals surface area contributed by atoms with Crippen molar-refractivity contribution in [3.05, 3.63) is 53.6 Å². The fourth-order valence-corrected chi connectivity index (χ4v) is 3.51. The molecule has 198 valence electrons. The molecule has 2 atom stereocenters. The minimum absolute atomic E-state index is 0.0308. The normalized spacial score (nSPS) is 12.6.